The van der Waals surface area contributed by atoms with Gasteiger partial charge in [0.05, 0.1) is 28.5 Å². The first-order valence-corrected chi connectivity index (χ1v) is 10.9. The molecule has 1 amide bonds. The van der Waals surface area contributed by atoms with Gasteiger partial charge in [0.25, 0.3) is 5.91 Å². The monoisotopic (exact) mass is 417 g/mol. The Bertz CT molecular complexity index is 1200. The lowest BCUT2D eigenvalue weighted by atomic mass is 10.1. The van der Waals surface area contributed by atoms with Crippen LogP contribution in [0.4, 0.5) is 0 Å². The highest BCUT2D eigenvalue weighted by atomic mass is 32.1. The van der Waals surface area contributed by atoms with Gasteiger partial charge in [0.2, 0.25) is 0 Å². The van der Waals surface area contributed by atoms with Crippen LogP contribution in [-0.4, -0.2) is 56.8 Å². The zero-order chi connectivity index (χ0) is 20.7. The fourth-order valence-corrected chi connectivity index (χ4v) is 4.96. The third-order valence-electron chi connectivity index (χ3n) is 5.86. The molecule has 7 heteroatoms. The second kappa shape index (κ2) is 7.66. The molecule has 0 radical (unpaired) electrons. The van der Waals surface area contributed by atoms with E-state index >= 15 is 0 Å². The average Bonchev–Trinajstić information content (AvgIpc) is 3.40. The van der Waals surface area contributed by atoms with Gasteiger partial charge in [-0.25, -0.2) is 4.98 Å². The van der Waals surface area contributed by atoms with E-state index in [9.17, 15) is 4.79 Å². The van der Waals surface area contributed by atoms with E-state index in [0.29, 0.717) is 6.54 Å². The molecular weight excluding hydrogens is 394 g/mol. The quantitative estimate of drug-likeness (QED) is 0.507. The van der Waals surface area contributed by atoms with E-state index in [0.717, 1.165) is 45.9 Å². The third-order valence-corrected chi connectivity index (χ3v) is 6.87. The van der Waals surface area contributed by atoms with Crippen molar-refractivity contribution < 1.29 is 4.79 Å². The van der Waals surface area contributed by atoms with E-state index in [1.54, 1.807) is 6.20 Å². The number of carbonyl (C=O) groups excluding carboxylic acids is 1. The lowest BCUT2D eigenvalue weighted by molar-refractivity contribution is 0.0546. The van der Waals surface area contributed by atoms with Gasteiger partial charge in [0.15, 0.2) is 0 Å². The van der Waals surface area contributed by atoms with Crippen molar-refractivity contribution in [1.82, 2.24) is 24.2 Å². The van der Waals surface area contributed by atoms with E-state index in [-0.39, 0.29) is 11.9 Å². The standard InChI is InChI=1S/C23H23N5OS/c1-16-7-11-30-22(16)23(29)27-10-9-26(2)20(14-27)21-19-6-5-18(13-28(19)15-25-21)17-4-3-8-24-12-17/h3-8,11-13,15,20H,9-10,14H2,1-2H3/t20-/m0/s1. The van der Waals surface area contributed by atoms with Crippen LogP contribution in [0, 0.1) is 6.92 Å². The van der Waals surface area contributed by atoms with Crippen molar-refractivity contribution in [2.24, 2.45) is 0 Å². The van der Waals surface area contributed by atoms with Crippen molar-refractivity contribution in [1.29, 1.82) is 0 Å². The SMILES string of the molecule is Cc1ccsc1C(=O)N1CCN(C)[C@H](c2ncn3cc(-c4cccnc4)ccc23)C1. The topological polar surface area (TPSA) is 53.7 Å². The Hall–Kier alpha value is -3.03. The van der Waals surface area contributed by atoms with Gasteiger partial charge in [-0.15, -0.1) is 11.3 Å². The predicted octanol–water partition coefficient (Wildman–Crippen LogP) is 3.90. The molecule has 0 aromatic carbocycles. The average molecular weight is 418 g/mol. The molecule has 1 saturated heterocycles. The summed E-state index contributed by atoms with van der Waals surface area (Å²) in [7, 11) is 2.11. The highest BCUT2D eigenvalue weighted by molar-refractivity contribution is 7.12. The van der Waals surface area contributed by atoms with Crippen LogP contribution >= 0.6 is 11.3 Å². The minimum atomic E-state index is 0.0669. The number of piperazine rings is 1. The number of likely N-dealkylation sites (N-methyl/N-ethyl adjacent to an activating group) is 1. The van der Waals surface area contributed by atoms with Crippen LogP contribution in [0.2, 0.25) is 0 Å². The number of carbonyl (C=O) groups is 1. The molecule has 4 aromatic rings. The minimum Gasteiger partial charge on any atom is -0.335 e. The number of hydrogen-bond acceptors (Lipinski definition) is 5. The Morgan fingerprint density at radius 2 is 2.07 bits per heavy atom. The highest BCUT2D eigenvalue weighted by Crippen LogP contribution is 2.29. The summed E-state index contributed by atoms with van der Waals surface area (Å²) in [5.74, 6) is 0.128. The van der Waals surface area contributed by atoms with Gasteiger partial charge in [-0.3, -0.25) is 14.7 Å². The first kappa shape index (κ1) is 19.0. The van der Waals surface area contributed by atoms with Gasteiger partial charge < -0.3 is 9.30 Å². The molecule has 0 N–H and O–H groups in total. The fourth-order valence-electron chi connectivity index (χ4n) is 4.07. The summed E-state index contributed by atoms with van der Waals surface area (Å²) in [5, 5.41) is 1.98. The van der Waals surface area contributed by atoms with E-state index < -0.39 is 0 Å². The Morgan fingerprint density at radius 1 is 1.17 bits per heavy atom. The summed E-state index contributed by atoms with van der Waals surface area (Å²) < 4.78 is 2.07. The Labute approximate surface area is 179 Å². The largest absolute Gasteiger partial charge is 0.335 e. The fraction of sp³-hybridized carbons (Fsp3) is 0.261. The number of fused-ring (bicyclic) bond motifs is 1. The Morgan fingerprint density at radius 3 is 2.83 bits per heavy atom. The Kier molecular flexibility index (Phi) is 4.84. The summed E-state index contributed by atoms with van der Waals surface area (Å²) in [6.45, 7) is 4.21. The van der Waals surface area contributed by atoms with E-state index in [1.807, 2.05) is 41.9 Å². The molecule has 30 heavy (non-hydrogen) atoms. The molecule has 0 aliphatic carbocycles. The van der Waals surface area contributed by atoms with Crippen molar-refractivity contribution in [3.05, 3.63) is 76.8 Å². The zero-order valence-corrected chi connectivity index (χ0v) is 17.8. The molecule has 0 saturated carbocycles. The van der Waals surface area contributed by atoms with Crippen molar-refractivity contribution >= 4 is 22.8 Å². The summed E-state index contributed by atoms with van der Waals surface area (Å²) in [4.78, 5) is 27.1. The van der Waals surface area contributed by atoms with E-state index in [1.165, 1.54) is 11.3 Å². The molecule has 1 fully saturated rings. The predicted molar refractivity (Wildman–Crippen MR) is 119 cm³/mol. The highest BCUT2D eigenvalue weighted by Gasteiger charge is 2.32. The first-order valence-electron chi connectivity index (χ1n) is 10.0. The number of amides is 1. The minimum absolute atomic E-state index is 0.0669. The maximum atomic E-state index is 13.1. The van der Waals surface area contributed by atoms with Crippen LogP contribution in [0.3, 0.4) is 0 Å². The number of pyridine rings is 2. The van der Waals surface area contributed by atoms with Crippen molar-refractivity contribution in [2.75, 3.05) is 26.7 Å². The number of rotatable bonds is 3. The molecular formula is C23H23N5OS. The second-order valence-corrected chi connectivity index (χ2v) is 8.68. The summed E-state index contributed by atoms with van der Waals surface area (Å²) in [5.41, 5.74) is 5.31. The molecule has 5 heterocycles. The van der Waals surface area contributed by atoms with Crippen molar-refractivity contribution in [3.8, 4) is 11.1 Å². The molecule has 1 aliphatic rings. The maximum Gasteiger partial charge on any atom is 0.264 e. The molecule has 6 nitrogen and oxygen atoms in total. The van der Waals surface area contributed by atoms with Crippen molar-refractivity contribution in [3.63, 3.8) is 0 Å². The molecule has 4 aromatic heterocycles. The lowest BCUT2D eigenvalue weighted by Crippen LogP contribution is -2.49. The summed E-state index contributed by atoms with van der Waals surface area (Å²) >= 11 is 1.52. The van der Waals surface area contributed by atoms with Gasteiger partial charge in [0.1, 0.15) is 0 Å². The van der Waals surface area contributed by atoms with Crippen LogP contribution in [0.15, 0.2) is 60.6 Å². The maximum absolute atomic E-state index is 13.1. The number of aromatic nitrogens is 3. The number of nitrogens with zero attached hydrogens (tertiary/aromatic N) is 5. The molecule has 0 unspecified atom stereocenters. The van der Waals surface area contributed by atoms with Gasteiger partial charge in [-0.1, -0.05) is 12.1 Å². The lowest BCUT2D eigenvalue weighted by Gasteiger charge is -2.38. The Balaban J connectivity index is 1.45. The van der Waals surface area contributed by atoms with Crippen LogP contribution in [0.1, 0.15) is 27.0 Å². The first-order chi connectivity index (χ1) is 14.6. The number of imidazole rings is 1. The number of aryl methyl sites for hydroxylation is 1. The zero-order valence-electron chi connectivity index (χ0n) is 17.0. The van der Waals surface area contributed by atoms with Crippen LogP contribution in [0.25, 0.3) is 16.6 Å². The van der Waals surface area contributed by atoms with Crippen molar-refractivity contribution in [2.45, 2.75) is 13.0 Å². The van der Waals surface area contributed by atoms with Gasteiger partial charge in [0, 0.05) is 43.8 Å². The smallest absolute Gasteiger partial charge is 0.264 e. The van der Waals surface area contributed by atoms with E-state index in [2.05, 4.69) is 45.7 Å². The van der Waals surface area contributed by atoms with Gasteiger partial charge in [-0.05, 0) is 48.7 Å². The van der Waals surface area contributed by atoms with Gasteiger partial charge >= 0.3 is 0 Å². The number of thiophene rings is 1. The third kappa shape index (κ3) is 3.30. The van der Waals surface area contributed by atoms with Crippen LogP contribution < -0.4 is 0 Å². The summed E-state index contributed by atoms with van der Waals surface area (Å²) in [6.07, 6.45) is 7.59. The van der Waals surface area contributed by atoms with Crippen LogP contribution in [-0.2, 0) is 0 Å². The van der Waals surface area contributed by atoms with Crippen LogP contribution in [0.5, 0.6) is 0 Å². The number of hydrogen-bond donors (Lipinski definition) is 0. The van der Waals surface area contributed by atoms with E-state index in [4.69, 9.17) is 4.98 Å². The molecule has 1 atom stereocenters. The molecule has 0 bridgehead atoms. The second-order valence-electron chi connectivity index (χ2n) is 7.76. The molecule has 5 rings (SSSR count). The summed E-state index contributed by atoms with van der Waals surface area (Å²) in [6, 6.07) is 10.3. The molecule has 1 aliphatic heterocycles. The molecule has 152 valence electrons. The normalized spacial score (nSPS) is 17.5. The molecule has 0 spiro atoms. The van der Waals surface area contributed by atoms with Gasteiger partial charge in [-0.2, -0.15) is 0 Å².